The fourth-order valence-corrected chi connectivity index (χ4v) is 4.64. The first-order valence-corrected chi connectivity index (χ1v) is 14.9. The van der Waals surface area contributed by atoms with Crippen LogP contribution in [-0.2, 0) is 25.3 Å². The monoisotopic (exact) mass is 502 g/mol. The van der Waals surface area contributed by atoms with Crippen LogP contribution in [0, 0.1) is 0 Å². The highest BCUT2D eigenvalue weighted by molar-refractivity contribution is 6.74. The second-order valence-electron chi connectivity index (χ2n) is 10.4. The van der Waals surface area contributed by atoms with Gasteiger partial charge in [-0.15, -0.1) is 0 Å². The Morgan fingerprint density at radius 1 is 1.20 bits per heavy atom. The molecule has 1 aliphatic heterocycles. The Balaban J connectivity index is 0.00000612. The molecule has 0 bridgehead atoms. The molecular weight excluding hydrogens is 456 g/mol. The van der Waals surface area contributed by atoms with Crippen molar-refractivity contribution in [1.29, 1.82) is 0 Å². The molecule has 0 saturated heterocycles. The van der Waals surface area contributed by atoms with Gasteiger partial charge in [0.25, 0.3) is 0 Å². The number of carbonyl (C=O) groups excluding carboxylic acids is 1. The minimum atomic E-state index is -2.09. The maximum atomic E-state index is 10.9. The summed E-state index contributed by atoms with van der Waals surface area (Å²) in [5.74, 6) is 0.813. The van der Waals surface area contributed by atoms with E-state index < -0.39 is 8.32 Å². The molecule has 6 heteroatoms. The smallest absolute Gasteiger partial charge is 0.193 e. The number of benzene rings is 1. The Kier molecular flexibility index (Phi) is 12.9. The van der Waals surface area contributed by atoms with Gasteiger partial charge in [0.2, 0.25) is 0 Å². The Morgan fingerprint density at radius 2 is 1.89 bits per heavy atom. The largest absolute Gasteiger partial charge is 0.497 e. The molecular formula is C29H46O5Si. The van der Waals surface area contributed by atoms with E-state index in [2.05, 4.69) is 59.0 Å². The summed E-state index contributed by atoms with van der Waals surface area (Å²) in [5.41, 5.74) is 2.39. The lowest BCUT2D eigenvalue weighted by atomic mass is 10.0. The van der Waals surface area contributed by atoms with Crippen LogP contribution in [0.1, 0.15) is 53.5 Å². The van der Waals surface area contributed by atoms with Gasteiger partial charge in [0.15, 0.2) is 8.32 Å². The second-order valence-corrected chi connectivity index (χ2v) is 15.1. The summed E-state index contributed by atoms with van der Waals surface area (Å²) in [5, 5.41) is 0.0545. The summed E-state index contributed by atoms with van der Waals surface area (Å²) in [7, 11) is -0.437. The van der Waals surface area contributed by atoms with Gasteiger partial charge in [-0.05, 0) is 61.7 Å². The van der Waals surface area contributed by atoms with Crippen LogP contribution < -0.4 is 4.74 Å². The van der Waals surface area contributed by atoms with Gasteiger partial charge in [-0.2, -0.15) is 0 Å². The van der Waals surface area contributed by atoms with Crippen LogP contribution in [0.3, 0.4) is 0 Å². The van der Waals surface area contributed by atoms with E-state index in [-0.39, 0.29) is 30.8 Å². The molecule has 5 nitrogen and oxygen atoms in total. The number of ether oxygens (including phenoxy) is 3. The van der Waals surface area contributed by atoms with E-state index >= 15 is 0 Å². The van der Waals surface area contributed by atoms with E-state index in [0.717, 1.165) is 24.0 Å². The molecule has 0 radical (unpaired) electrons. The molecule has 0 fully saturated rings. The number of hydrogen-bond acceptors (Lipinski definition) is 5. The number of carbonyl (C=O) groups is 1. The normalized spacial score (nSPS) is 18.7. The van der Waals surface area contributed by atoms with Crippen molar-refractivity contribution in [1.82, 2.24) is 0 Å². The van der Waals surface area contributed by atoms with Gasteiger partial charge < -0.3 is 18.6 Å². The zero-order chi connectivity index (χ0) is 25.2. The lowest BCUT2D eigenvalue weighted by Gasteiger charge is -2.40. The maximum absolute atomic E-state index is 10.9. The molecule has 0 aliphatic carbocycles. The first kappa shape index (κ1) is 31.0. The Bertz CT molecular complexity index is 849. The molecule has 1 unspecified atom stereocenters. The topological polar surface area (TPSA) is 54.0 Å². The van der Waals surface area contributed by atoms with Gasteiger partial charge in [-0.3, -0.25) is 4.79 Å². The first-order chi connectivity index (χ1) is 16.1. The van der Waals surface area contributed by atoms with E-state index in [1.165, 1.54) is 11.6 Å². The van der Waals surface area contributed by atoms with E-state index in [4.69, 9.17) is 18.6 Å². The summed E-state index contributed by atoms with van der Waals surface area (Å²) >= 11 is 0. The Hall–Kier alpha value is -1.99. The van der Waals surface area contributed by atoms with Gasteiger partial charge in [0.1, 0.15) is 12.0 Å². The molecule has 1 aliphatic rings. The molecule has 0 N–H and O–H groups in total. The lowest BCUT2D eigenvalue weighted by Crippen LogP contribution is -2.47. The van der Waals surface area contributed by atoms with Gasteiger partial charge in [-0.25, -0.2) is 0 Å². The molecule has 196 valence electrons. The van der Waals surface area contributed by atoms with Crippen molar-refractivity contribution < 1.29 is 23.4 Å². The predicted molar refractivity (Wildman–Crippen MR) is 147 cm³/mol. The van der Waals surface area contributed by atoms with Crippen molar-refractivity contribution in [2.45, 2.75) is 91.0 Å². The SMILES string of the molecule is C.COc1ccc(CO[C@@H](C/C=C/C=O)C(/C=C/[C@@H]2CC(C)=CCO2)O[Si](C)(C)C(C)(C)C)cc1. The quantitative estimate of drug-likeness (QED) is 0.133. The lowest BCUT2D eigenvalue weighted by molar-refractivity contribution is -0.104. The molecule has 0 aromatic heterocycles. The number of rotatable bonds is 12. The van der Waals surface area contributed by atoms with Crippen LogP contribution in [-0.4, -0.2) is 46.6 Å². The number of aldehydes is 1. The first-order valence-electron chi connectivity index (χ1n) is 12.0. The highest BCUT2D eigenvalue weighted by Crippen LogP contribution is 2.38. The molecule has 1 aromatic carbocycles. The van der Waals surface area contributed by atoms with Gasteiger partial charge in [0.05, 0.1) is 38.6 Å². The molecule has 0 spiro atoms. The van der Waals surface area contributed by atoms with E-state index in [1.54, 1.807) is 7.11 Å². The minimum absolute atomic E-state index is 0. The Morgan fingerprint density at radius 3 is 2.46 bits per heavy atom. The van der Waals surface area contributed by atoms with Gasteiger partial charge in [-0.1, -0.05) is 70.2 Å². The Labute approximate surface area is 214 Å². The zero-order valence-electron chi connectivity index (χ0n) is 21.9. The second kappa shape index (κ2) is 14.5. The van der Waals surface area contributed by atoms with Crippen LogP contribution in [0.2, 0.25) is 18.1 Å². The van der Waals surface area contributed by atoms with Crippen molar-refractivity contribution in [3.8, 4) is 5.75 Å². The summed E-state index contributed by atoms with van der Waals surface area (Å²) < 4.78 is 24.4. The van der Waals surface area contributed by atoms with Crippen LogP contribution >= 0.6 is 0 Å². The molecule has 0 saturated carbocycles. The molecule has 2 rings (SSSR count). The molecule has 1 aromatic rings. The number of allylic oxidation sites excluding steroid dienone is 1. The summed E-state index contributed by atoms with van der Waals surface area (Å²) in [4.78, 5) is 10.9. The van der Waals surface area contributed by atoms with E-state index in [1.807, 2.05) is 30.3 Å². The maximum Gasteiger partial charge on any atom is 0.193 e. The third kappa shape index (κ3) is 10.3. The fraction of sp³-hybridized carbons (Fsp3) is 0.552. The standard InChI is InChI=1S/C28H42O5Si.CH4/c1-22-17-19-31-25(20-22)15-16-27(33-34(6,7)28(2,3)4)26(10-8-9-18-29)32-21-23-11-13-24(30-5)14-12-23;/h8-9,11-18,25-27H,10,19-21H2,1-7H3;1H4/b9-8+,16-15+;/t25-,26+,27?;/m1./s1. The summed E-state index contributed by atoms with van der Waals surface area (Å²) in [6.07, 6.45) is 11.5. The highest BCUT2D eigenvalue weighted by atomic mass is 28.4. The highest BCUT2D eigenvalue weighted by Gasteiger charge is 2.40. The van der Waals surface area contributed by atoms with E-state index in [9.17, 15) is 4.79 Å². The number of methoxy groups -OCH3 is 1. The van der Waals surface area contributed by atoms with Crippen molar-refractivity contribution in [2.24, 2.45) is 0 Å². The summed E-state index contributed by atoms with van der Waals surface area (Å²) in [6, 6.07) is 7.86. The molecule has 1 heterocycles. The third-order valence-electron chi connectivity index (χ3n) is 6.59. The fourth-order valence-electron chi connectivity index (χ4n) is 3.38. The zero-order valence-corrected chi connectivity index (χ0v) is 22.9. The van der Waals surface area contributed by atoms with Gasteiger partial charge in [0, 0.05) is 0 Å². The average molecular weight is 503 g/mol. The van der Waals surface area contributed by atoms with Crippen LogP contribution in [0.4, 0.5) is 0 Å². The van der Waals surface area contributed by atoms with Gasteiger partial charge >= 0.3 is 0 Å². The van der Waals surface area contributed by atoms with Crippen molar-refractivity contribution in [3.05, 3.63) is 65.8 Å². The number of hydrogen-bond donors (Lipinski definition) is 0. The third-order valence-corrected chi connectivity index (χ3v) is 11.1. The average Bonchev–Trinajstić information content (AvgIpc) is 2.78. The molecule has 3 atom stereocenters. The molecule has 0 amide bonds. The van der Waals surface area contributed by atoms with Crippen LogP contribution in [0.25, 0.3) is 0 Å². The molecule has 35 heavy (non-hydrogen) atoms. The predicted octanol–water partition coefficient (Wildman–Crippen LogP) is 7.04. The van der Waals surface area contributed by atoms with Crippen molar-refractivity contribution in [3.63, 3.8) is 0 Å². The summed E-state index contributed by atoms with van der Waals surface area (Å²) in [6.45, 7) is 14.4. The van der Waals surface area contributed by atoms with Crippen LogP contribution in [0.5, 0.6) is 5.75 Å². The van der Waals surface area contributed by atoms with E-state index in [0.29, 0.717) is 19.6 Å². The van der Waals surface area contributed by atoms with Crippen molar-refractivity contribution >= 4 is 14.6 Å². The minimum Gasteiger partial charge on any atom is -0.497 e. The van der Waals surface area contributed by atoms with Crippen LogP contribution in [0.15, 0.2) is 60.2 Å². The van der Waals surface area contributed by atoms with Crippen molar-refractivity contribution in [2.75, 3.05) is 13.7 Å².